The lowest BCUT2D eigenvalue weighted by Crippen LogP contribution is -1.99. The molecular formula is C11H17NOS. The number of nitrogens with two attached hydrogens (primary N) is 1. The first-order chi connectivity index (χ1) is 6.63. The number of hydrogen-bond acceptors (Lipinski definition) is 3. The number of aliphatic hydroxyl groups is 1. The van der Waals surface area contributed by atoms with Crippen LogP contribution in [0.1, 0.15) is 18.9 Å². The van der Waals surface area contributed by atoms with Crippen LogP contribution in [-0.4, -0.2) is 17.0 Å². The average Bonchev–Trinajstić information content (AvgIpc) is 2.10. The number of aliphatic hydroxyl groups excluding tert-OH is 1. The monoisotopic (exact) mass is 211 g/mol. The second-order valence-electron chi connectivity index (χ2n) is 3.47. The van der Waals surface area contributed by atoms with Gasteiger partial charge in [0.15, 0.2) is 0 Å². The Morgan fingerprint density at radius 2 is 2.21 bits per heavy atom. The Kier molecular flexibility index (Phi) is 4.29. The molecule has 0 bridgehead atoms. The second-order valence-corrected chi connectivity index (χ2v) is 4.95. The summed E-state index contributed by atoms with van der Waals surface area (Å²) in [7, 11) is 0. The van der Waals surface area contributed by atoms with E-state index in [0.29, 0.717) is 5.25 Å². The van der Waals surface area contributed by atoms with Crippen LogP contribution < -0.4 is 5.73 Å². The summed E-state index contributed by atoms with van der Waals surface area (Å²) < 4.78 is 0. The number of anilines is 1. The Labute approximate surface area is 89.5 Å². The maximum Gasteiger partial charge on any atom is 0.0441 e. The summed E-state index contributed by atoms with van der Waals surface area (Å²) >= 11 is 1.79. The van der Waals surface area contributed by atoms with E-state index in [1.165, 1.54) is 10.5 Å². The number of hydrogen-bond donors (Lipinski definition) is 2. The van der Waals surface area contributed by atoms with Crippen LogP contribution in [0, 0.1) is 6.92 Å². The van der Waals surface area contributed by atoms with Crippen LogP contribution in [0.5, 0.6) is 0 Å². The van der Waals surface area contributed by atoms with E-state index in [4.69, 9.17) is 10.8 Å². The average molecular weight is 211 g/mol. The molecule has 0 aliphatic rings. The minimum atomic E-state index is 0.252. The number of aryl methyl sites for hydroxylation is 1. The van der Waals surface area contributed by atoms with Crippen LogP contribution >= 0.6 is 11.8 Å². The van der Waals surface area contributed by atoms with Crippen molar-refractivity contribution in [2.75, 3.05) is 12.3 Å². The third-order valence-corrected chi connectivity index (χ3v) is 3.41. The van der Waals surface area contributed by atoms with E-state index in [9.17, 15) is 0 Å². The van der Waals surface area contributed by atoms with Gasteiger partial charge in [0, 0.05) is 22.4 Å². The standard InChI is InChI=1S/C11H17NOS/c1-8-7-10(12)3-4-11(8)14-9(2)5-6-13/h3-4,7,9,13H,5-6,12H2,1-2H3. The Bertz CT molecular complexity index is 301. The molecule has 0 saturated carbocycles. The fourth-order valence-electron chi connectivity index (χ4n) is 1.26. The number of thioether (sulfide) groups is 1. The van der Waals surface area contributed by atoms with Crippen molar-refractivity contribution >= 4 is 17.4 Å². The Balaban J connectivity index is 2.67. The van der Waals surface area contributed by atoms with Gasteiger partial charge in [-0.3, -0.25) is 0 Å². The van der Waals surface area contributed by atoms with E-state index in [1.54, 1.807) is 11.8 Å². The quantitative estimate of drug-likeness (QED) is 0.594. The zero-order chi connectivity index (χ0) is 10.6. The third-order valence-electron chi connectivity index (χ3n) is 2.06. The van der Waals surface area contributed by atoms with Crippen LogP contribution in [0.2, 0.25) is 0 Å². The van der Waals surface area contributed by atoms with Gasteiger partial charge in [-0.05, 0) is 37.1 Å². The van der Waals surface area contributed by atoms with Gasteiger partial charge >= 0.3 is 0 Å². The van der Waals surface area contributed by atoms with Crippen LogP contribution in [0.3, 0.4) is 0 Å². The first-order valence-corrected chi connectivity index (χ1v) is 5.65. The number of benzene rings is 1. The fraction of sp³-hybridized carbons (Fsp3) is 0.455. The van der Waals surface area contributed by atoms with E-state index >= 15 is 0 Å². The van der Waals surface area contributed by atoms with Gasteiger partial charge < -0.3 is 10.8 Å². The molecule has 0 aromatic heterocycles. The van der Waals surface area contributed by atoms with E-state index in [0.717, 1.165) is 12.1 Å². The van der Waals surface area contributed by atoms with E-state index in [2.05, 4.69) is 13.8 Å². The van der Waals surface area contributed by atoms with Gasteiger partial charge in [0.05, 0.1) is 0 Å². The molecule has 1 aromatic rings. The highest BCUT2D eigenvalue weighted by molar-refractivity contribution is 8.00. The lowest BCUT2D eigenvalue weighted by Gasteiger charge is -2.11. The first-order valence-electron chi connectivity index (χ1n) is 4.77. The molecule has 0 spiro atoms. The van der Waals surface area contributed by atoms with E-state index in [-0.39, 0.29) is 6.61 Å². The molecule has 0 heterocycles. The summed E-state index contributed by atoms with van der Waals surface area (Å²) in [5, 5.41) is 9.24. The van der Waals surface area contributed by atoms with Gasteiger partial charge in [-0.25, -0.2) is 0 Å². The van der Waals surface area contributed by atoms with Crippen molar-refractivity contribution in [2.24, 2.45) is 0 Å². The van der Waals surface area contributed by atoms with Crippen molar-refractivity contribution in [3.63, 3.8) is 0 Å². The van der Waals surface area contributed by atoms with Crippen molar-refractivity contribution in [1.82, 2.24) is 0 Å². The molecule has 0 radical (unpaired) electrons. The Hall–Kier alpha value is -0.670. The zero-order valence-corrected chi connectivity index (χ0v) is 9.47. The van der Waals surface area contributed by atoms with Crippen molar-refractivity contribution in [3.8, 4) is 0 Å². The first kappa shape index (κ1) is 11.4. The lowest BCUT2D eigenvalue weighted by molar-refractivity contribution is 0.289. The van der Waals surface area contributed by atoms with Gasteiger partial charge in [0.1, 0.15) is 0 Å². The maximum absolute atomic E-state index is 8.79. The molecule has 14 heavy (non-hydrogen) atoms. The zero-order valence-electron chi connectivity index (χ0n) is 8.66. The van der Waals surface area contributed by atoms with Gasteiger partial charge in [0.2, 0.25) is 0 Å². The molecule has 3 heteroatoms. The van der Waals surface area contributed by atoms with Crippen molar-refractivity contribution in [1.29, 1.82) is 0 Å². The van der Waals surface area contributed by atoms with E-state index < -0.39 is 0 Å². The summed E-state index contributed by atoms with van der Waals surface area (Å²) in [4.78, 5) is 1.25. The highest BCUT2D eigenvalue weighted by atomic mass is 32.2. The molecule has 0 amide bonds. The van der Waals surface area contributed by atoms with Crippen LogP contribution in [0.15, 0.2) is 23.1 Å². The smallest absolute Gasteiger partial charge is 0.0441 e. The summed E-state index contributed by atoms with van der Waals surface area (Å²) in [5.41, 5.74) is 7.68. The molecule has 0 aliphatic carbocycles. The molecule has 1 rings (SSSR count). The number of rotatable bonds is 4. The van der Waals surface area contributed by atoms with Crippen LogP contribution in [0.25, 0.3) is 0 Å². The van der Waals surface area contributed by atoms with Crippen LogP contribution in [-0.2, 0) is 0 Å². The van der Waals surface area contributed by atoms with Crippen LogP contribution in [0.4, 0.5) is 5.69 Å². The number of nitrogen functional groups attached to an aromatic ring is 1. The molecule has 78 valence electrons. The van der Waals surface area contributed by atoms with Crippen molar-refractivity contribution in [2.45, 2.75) is 30.4 Å². The molecule has 1 unspecified atom stereocenters. The molecular weight excluding hydrogens is 194 g/mol. The summed E-state index contributed by atoms with van der Waals surface area (Å²) in [6, 6.07) is 5.94. The van der Waals surface area contributed by atoms with Gasteiger partial charge in [-0.2, -0.15) is 0 Å². The highest BCUT2D eigenvalue weighted by Gasteiger charge is 2.05. The molecule has 0 fully saturated rings. The minimum absolute atomic E-state index is 0.252. The molecule has 1 atom stereocenters. The Morgan fingerprint density at radius 3 is 2.79 bits per heavy atom. The SMILES string of the molecule is Cc1cc(N)ccc1SC(C)CCO. The molecule has 0 aliphatic heterocycles. The summed E-state index contributed by atoms with van der Waals surface area (Å²) in [6.07, 6.45) is 0.828. The second kappa shape index (κ2) is 5.27. The predicted molar refractivity (Wildman–Crippen MR) is 62.6 cm³/mol. The minimum Gasteiger partial charge on any atom is -0.399 e. The topological polar surface area (TPSA) is 46.2 Å². The molecule has 0 saturated heterocycles. The molecule has 2 nitrogen and oxygen atoms in total. The lowest BCUT2D eigenvalue weighted by atomic mass is 10.2. The van der Waals surface area contributed by atoms with Gasteiger partial charge in [0.25, 0.3) is 0 Å². The molecule has 3 N–H and O–H groups in total. The van der Waals surface area contributed by atoms with Gasteiger partial charge in [-0.15, -0.1) is 11.8 Å². The Morgan fingerprint density at radius 1 is 1.50 bits per heavy atom. The third kappa shape index (κ3) is 3.24. The van der Waals surface area contributed by atoms with Crippen molar-refractivity contribution < 1.29 is 5.11 Å². The highest BCUT2D eigenvalue weighted by Crippen LogP contribution is 2.28. The maximum atomic E-state index is 8.79. The largest absolute Gasteiger partial charge is 0.399 e. The predicted octanol–water partition coefficient (Wildman–Crippen LogP) is 2.44. The summed E-state index contributed by atoms with van der Waals surface area (Å²) in [5.74, 6) is 0. The fourth-order valence-corrected chi connectivity index (χ4v) is 2.31. The summed E-state index contributed by atoms with van der Waals surface area (Å²) in [6.45, 7) is 4.43. The van der Waals surface area contributed by atoms with Crippen molar-refractivity contribution in [3.05, 3.63) is 23.8 Å². The molecule has 1 aromatic carbocycles. The van der Waals surface area contributed by atoms with E-state index in [1.807, 2.05) is 18.2 Å². The normalized spacial score (nSPS) is 12.8. The van der Waals surface area contributed by atoms with Gasteiger partial charge in [-0.1, -0.05) is 6.92 Å².